The van der Waals surface area contributed by atoms with Crippen molar-refractivity contribution in [3.05, 3.63) is 102 Å². The predicted molar refractivity (Wildman–Crippen MR) is 170 cm³/mol. The summed E-state index contributed by atoms with van der Waals surface area (Å²) >= 11 is 0. The Labute approximate surface area is 274 Å². The molecule has 0 saturated carbocycles. The second kappa shape index (κ2) is 15.6. The van der Waals surface area contributed by atoms with Crippen LogP contribution in [0.25, 0.3) is 43.6 Å². The molecule has 0 fully saturated rings. The van der Waals surface area contributed by atoms with Gasteiger partial charge < -0.3 is 5.11 Å². The van der Waals surface area contributed by atoms with Crippen LogP contribution >= 0.6 is 0 Å². The molecule has 4 aromatic carbocycles. The Hall–Kier alpha value is -3.61. The van der Waals surface area contributed by atoms with Gasteiger partial charge in [-0.2, -0.15) is 13.2 Å². The predicted octanol–water partition coefficient (Wildman–Crippen LogP) is 11.0. The Bertz CT molecular complexity index is 1810. The van der Waals surface area contributed by atoms with Gasteiger partial charge in [-0.1, -0.05) is 81.1 Å². The summed E-state index contributed by atoms with van der Waals surface area (Å²) < 4.78 is 55.3. The Morgan fingerprint density at radius 2 is 1.42 bits per heavy atom. The first kappa shape index (κ1) is 35.9. The zero-order valence-corrected chi connectivity index (χ0v) is 28.0. The summed E-state index contributed by atoms with van der Waals surface area (Å²) in [5.41, 5.74) is -0.102. The molecule has 0 saturated heterocycles. The number of aromatic nitrogens is 1. The first-order chi connectivity index (χ1) is 21.0. The van der Waals surface area contributed by atoms with Crippen LogP contribution in [0.5, 0.6) is 0 Å². The van der Waals surface area contributed by atoms with Gasteiger partial charge in [0.15, 0.2) is 5.78 Å². The minimum atomic E-state index is -4.51. The number of rotatable bonds is 8. The molecule has 0 aliphatic rings. The number of hydrogen-bond acceptors (Lipinski definition) is 3. The van der Waals surface area contributed by atoms with Gasteiger partial charge in [-0.05, 0) is 59.5 Å². The van der Waals surface area contributed by atoms with Crippen molar-refractivity contribution in [2.24, 2.45) is 11.8 Å². The van der Waals surface area contributed by atoms with Gasteiger partial charge >= 0.3 is 6.18 Å². The maximum atomic E-state index is 14.1. The summed E-state index contributed by atoms with van der Waals surface area (Å²) in [6.45, 7) is 8.07. The summed E-state index contributed by atoms with van der Waals surface area (Å²) in [6, 6.07) is 20.3. The fourth-order valence-electron chi connectivity index (χ4n) is 5.57. The molecule has 1 N–H and O–H groups in total. The average Bonchev–Trinajstić information content (AvgIpc) is 3.01. The monoisotopic (exact) mass is 795 g/mol. The van der Waals surface area contributed by atoms with E-state index in [2.05, 4.69) is 11.1 Å². The summed E-state index contributed by atoms with van der Waals surface area (Å²) in [7, 11) is 0. The first-order valence-electron chi connectivity index (χ1n) is 15.0. The van der Waals surface area contributed by atoms with Crippen LogP contribution < -0.4 is 0 Å². The van der Waals surface area contributed by atoms with Gasteiger partial charge in [-0.25, -0.2) is 4.39 Å². The van der Waals surface area contributed by atoms with Crippen LogP contribution in [-0.4, -0.2) is 15.9 Å². The maximum absolute atomic E-state index is 14.1. The first-order valence-corrected chi connectivity index (χ1v) is 15.0. The topological polar surface area (TPSA) is 50.2 Å². The third-order valence-electron chi connectivity index (χ3n) is 8.17. The minimum absolute atomic E-state index is 0. The number of aliphatic hydroxyl groups excluding tert-OH is 1. The van der Waals surface area contributed by atoms with Gasteiger partial charge in [0.25, 0.3) is 0 Å². The Kier molecular flexibility index (Phi) is 12.4. The number of halogens is 4. The molecule has 0 aliphatic heterocycles. The van der Waals surface area contributed by atoms with Crippen LogP contribution in [0.2, 0.25) is 0 Å². The third kappa shape index (κ3) is 7.98. The van der Waals surface area contributed by atoms with Gasteiger partial charge in [-0.3, -0.25) is 9.78 Å². The number of pyridine rings is 1. The molecular formula is C37H36F4IrNO2-. The van der Waals surface area contributed by atoms with Crippen LogP contribution in [0, 0.1) is 23.7 Å². The molecular weight excluding hydrogens is 759 g/mol. The van der Waals surface area contributed by atoms with Gasteiger partial charge in [0.05, 0.1) is 5.76 Å². The van der Waals surface area contributed by atoms with Gasteiger partial charge in [-0.15, -0.1) is 23.6 Å². The summed E-state index contributed by atoms with van der Waals surface area (Å²) in [4.78, 5) is 16.1. The van der Waals surface area contributed by atoms with Crippen LogP contribution in [0.3, 0.4) is 0 Å². The van der Waals surface area contributed by atoms with Crippen molar-refractivity contribution < 1.29 is 47.6 Å². The molecule has 0 spiro atoms. The second-order valence-corrected chi connectivity index (χ2v) is 10.8. The molecule has 8 heteroatoms. The molecule has 0 amide bonds. The number of aliphatic hydroxyl groups is 1. The van der Waals surface area contributed by atoms with Crippen molar-refractivity contribution in [1.82, 2.24) is 4.98 Å². The molecule has 1 heterocycles. The fourth-order valence-corrected chi connectivity index (χ4v) is 5.57. The summed E-state index contributed by atoms with van der Waals surface area (Å²) in [6.07, 6.45) is 1.92. The van der Waals surface area contributed by atoms with Crippen LogP contribution in [0.4, 0.5) is 17.6 Å². The number of carbonyl (C=O) groups excluding carboxylic acids is 1. The van der Waals surface area contributed by atoms with E-state index in [4.69, 9.17) is 0 Å². The van der Waals surface area contributed by atoms with Gasteiger partial charge in [0.2, 0.25) is 0 Å². The number of fused-ring (bicyclic) bond motifs is 4. The SMILES string of the molecule is CCC(CC)C(=O)/C=C(\O)C(CC)CC.Fc1cccc2c1ccc1c(-c3[c-]c4ccccc4c(C(F)(F)F)c3)nccc12.[Ir]. The molecule has 0 bridgehead atoms. The van der Waals surface area contributed by atoms with Gasteiger partial charge in [0, 0.05) is 55.3 Å². The van der Waals surface area contributed by atoms with Crippen molar-refractivity contribution in [3.8, 4) is 11.3 Å². The van der Waals surface area contributed by atoms with Crippen molar-refractivity contribution >= 4 is 38.1 Å². The van der Waals surface area contributed by atoms with E-state index < -0.39 is 11.7 Å². The van der Waals surface area contributed by atoms with E-state index in [1.807, 2.05) is 27.7 Å². The molecule has 5 rings (SSSR count). The number of nitrogens with zero attached hydrogens (tertiary/aromatic N) is 1. The third-order valence-corrected chi connectivity index (χ3v) is 8.17. The van der Waals surface area contributed by atoms with E-state index in [0.717, 1.165) is 37.1 Å². The number of allylic oxidation sites excluding steroid dienone is 2. The molecule has 0 aliphatic carbocycles. The molecule has 0 atom stereocenters. The van der Waals surface area contributed by atoms with Crippen molar-refractivity contribution in [1.29, 1.82) is 0 Å². The Morgan fingerprint density at radius 3 is 2.07 bits per heavy atom. The average molecular weight is 795 g/mol. The van der Waals surface area contributed by atoms with E-state index in [1.54, 1.807) is 48.5 Å². The number of alkyl halides is 3. The van der Waals surface area contributed by atoms with E-state index >= 15 is 0 Å². The molecule has 1 radical (unpaired) electrons. The Morgan fingerprint density at radius 1 is 0.822 bits per heavy atom. The van der Waals surface area contributed by atoms with E-state index in [0.29, 0.717) is 27.2 Å². The molecule has 239 valence electrons. The van der Waals surface area contributed by atoms with E-state index in [9.17, 15) is 27.5 Å². The van der Waals surface area contributed by atoms with Crippen molar-refractivity contribution in [2.45, 2.75) is 59.6 Å². The smallest absolute Gasteiger partial charge is 0.403 e. The minimum Gasteiger partial charge on any atom is -0.512 e. The van der Waals surface area contributed by atoms with E-state index in [-0.39, 0.29) is 60.3 Å². The fraction of sp³-hybridized carbons (Fsp3) is 0.297. The van der Waals surface area contributed by atoms with Crippen LogP contribution in [0.1, 0.15) is 58.9 Å². The molecule has 0 unspecified atom stereocenters. The number of benzene rings is 4. The number of ketones is 1. The number of carbonyl (C=O) groups is 1. The molecule has 5 aromatic rings. The molecule has 3 nitrogen and oxygen atoms in total. The quantitative estimate of drug-likeness (QED) is 0.0560. The largest absolute Gasteiger partial charge is 0.512 e. The molecule has 45 heavy (non-hydrogen) atoms. The zero-order valence-electron chi connectivity index (χ0n) is 25.6. The van der Waals surface area contributed by atoms with Crippen molar-refractivity contribution in [3.63, 3.8) is 0 Å². The number of hydrogen-bond donors (Lipinski definition) is 1. The van der Waals surface area contributed by atoms with E-state index in [1.165, 1.54) is 24.4 Å². The standard InChI is InChI=1S/C24H12F4N.C13H24O2.Ir/c25-22-7-3-6-17-18-10-11-29-23(20(18)9-8-19(17)22)15-12-14-4-1-2-5-16(14)21(13-15)24(26,27)28;1-5-10(6-2)12(14)9-13(15)11(7-3)8-4;/h1-11,13H;9-11,14H,5-8H2,1-4H3;/q-1;;/b;12-9-;. The van der Waals surface area contributed by atoms with Crippen LogP contribution in [0.15, 0.2) is 84.8 Å². The second-order valence-electron chi connectivity index (χ2n) is 10.8. The Balaban J connectivity index is 0.000000297. The van der Waals surface area contributed by atoms with Gasteiger partial charge in [0.1, 0.15) is 5.82 Å². The van der Waals surface area contributed by atoms with Crippen LogP contribution in [-0.2, 0) is 31.1 Å². The normalized spacial score (nSPS) is 12.0. The maximum Gasteiger partial charge on any atom is 0.403 e. The van der Waals surface area contributed by atoms with Crippen molar-refractivity contribution in [2.75, 3.05) is 0 Å². The zero-order chi connectivity index (χ0) is 32.0. The molecule has 1 aromatic heterocycles. The summed E-state index contributed by atoms with van der Waals surface area (Å²) in [5, 5.41) is 12.7. The summed E-state index contributed by atoms with van der Waals surface area (Å²) in [5.74, 6) is 0.200.